The van der Waals surface area contributed by atoms with Gasteiger partial charge in [0, 0.05) is 0 Å². The van der Waals surface area contributed by atoms with Crippen molar-refractivity contribution in [2.75, 3.05) is 13.2 Å². The molecule has 0 bridgehead atoms. The fourth-order valence-corrected chi connectivity index (χ4v) is 0.310. The summed E-state index contributed by atoms with van der Waals surface area (Å²) < 4.78 is 37.8. The Morgan fingerprint density at radius 3 is 2.30 bits per heavy atom. The van der Waals surface area contributed by atoms with Gasteiger partial charge < -0.3 is 4.74 Å². The maximum atomic E-state index is 11.3. The molecular weight excluding hydrogens is 149 g/mol. The number of hydrogen-bond donors (Lipinski definition) is 0. The van der Waals surface area contributed by atoms with E-state index in [-0.39, 0.29) is 0 Å². The summed E-state index contributed by atoms with van der Waals surface area (Å²) in [7, 11) is 0. The lowest BCUT2D eigenvalue weighted by Gasteiger charge is -2.04. The summed E-state index contributed by atoms with van der Waals surface area (Å²) in [5.41, 5.74) is 0. The number of carbonyl (C=O) groups is 1. The maximum absolute atomic E-state index is 11.3. The van der Waals surface area contributed by atoms with E-state index in [9.17, 15) is 18.0 Å². The largest absolute Gasteiger partial charge is 0.411 e. The van der Waals surface area contributed by atoms with Crippen molar-refractivity contribution in [3.8, 4) is 0 Å². The van der Waals surface area contributed by atoms with Crippen LogP contribution >= 0.6 is 0 Å². The van der Waals surface area contributed by atoms with E-state index >= 15 is 0 Å². The zero-order valence-electron chi connectivity index (χ0n) is 5.36. The van der Waals surface area contributed by atoms with Gasteiger partial charge in [0.1, 0.15) is 13.2 Å². The summed E-state index contributed by atoms with van der Waals surface area (Å²) in [5, 5.41) is 0. The molecule has 0 aromatic carbocycles. The topological polar surface area (TPSA) is 26.3 Å². The van der Waals surface area contributed by atoms with Crippen LogP contribution in [-0.4, -0.2) is 25.2 Å². The number of alkyl halides is 3. The minimum Gasteiger partial charge on any atom is -0.364 e. The average molecular weight is 156 g/mol. The Hall–Kier alpha value is -0.580. The van der Waals surface area contributed by atoms with E-state index in [1.807, 2.05) is 0 Å². The van der Waals surface area contributed by atoms with Gasteiger partial charge in [-0.25, -0.2) is 0 Å². The third kappa shape index (κ3) is 7.42. The van der Waals surface area contributed by atoms with Crippen LogP contribution in [0.5, 0.6) is 0 Å². The summed E-state index contributed by atoms with van der Waals surface area (Å²) in [6.45, 7) is -0.664. The summed E-state index contributed by atoms with van der Waals surface area (Å²) in [6, 6.07) is 0. The molecule has 0 unspecified atom stereocenters. The molecule has 0 N–H and O–H groups in total. The van der Waals surface area contributed by atoms with Crippen molar-refractivity contribution in [2.24, 2.45) is 0 Å². The molecule has 2 nitrogen and oxygen atoms in total. The van der Waals surface area contributed by atoms with Crippen molar-refractivity contribution in [1.29, 1.82) is 0 Å². The molecule has 10 heavy (non-hydrogen) atoms. The second-order valence-corrected chi connectivity index (χ2v) is 1.81. The molecule has 0 amide bonds. The fourth-order valence-electron chi connectivity index (χ4n) is 0.310. The molecule has 0 heterocycles. The second-order valence-electron chi connectivity index (χ2n) is 1.81. The molecule has 0 spiro atoms. The SMILES string of the molecule is CC(=O)COCC(F)(F)F. The molecule has 5 heteroatoms. The van der Waals surface area contributed by atoms with Crippen molar-refractivity contribution >= 4 is 5.78 Å². The minimum absolute atomic E-state index is 0.413. The third-order valence-electron chi connectivity index (χ3n) is 0.571. The highest BCUT2D eigenvalue weighted by molar-refractivity contribution is 5.76. The van der Waals surface area contributed by atoms with Crippen molar-refractivity contribution in [3.63, 3.8) is 0 Å². The summed E-state index contributed by atoms with van der Waals surface area (Å²) in [5.74, 6) is -0.413. The van der Waals surface area contributed by atoms with E-state index in [0.717, 1.165) is 6.92 Å². The Kier molecular flexibility index (Phi) is 3.35. The Morgan fingerprint density at radius 2 is 2.00 bits per heavy atom. The minimum atomic E-state index is -4.34. The van der Waals surface area contributed by atoms with Gasteiger partial charge in [-0.15, -0.1) is 0 Å². The number of ketones is 1. The number of ether oxygens (including phenoxy) is 1. The van der Waals surface area contributed by atoms with Gasteiger partial charge in [-0.1, -0.05) is 0 Å². The van der Waals surface area contributed by atoms with Crippen LogP contribution in [0.4, 0.5) is 13.2 Å². The number of halogens is 3. The van der Waals surface area contributed by atoms with E-state index in [2.05, 4.69) is 4.74 Å². The Balaban J connectivity index is 3.29. The van der Waals surface area contributed by atoms with Gasteiger partial charge in [-0.05, 0) is 6.92 Å². The lowest BCUT2D eigenvalue weighted by atomic mass is 10.5. The van der Waals surface area contributed by atoms with Gasteiger partial charge >= 0.3 is 6.18 Å². The number of carbonyl (C=O) groups excluding carboxylic acids is 1. The van der Waals surface area contributed by atoms with Gasteiger partial charge in [0.25, 0.3) is 0 Å². The number of Topliss-reactive ketones (excluding diaryl/α,β-unsaturated/α-hetero) is 1. The van der Waals surface area contributed by atoms with Crippen molar-refractivity contribution in [3.05, 3.63) is 0 Å². The fraction of sp³-hybridized carbons (Fsp3) is 0.800. The van der Waals surface area contributed by atoms with Crippen molar-refractivity contribution in [2.45, 2.75) is 13.1 Å². The number of hydrogen-bond acceptors (Lipinski definition) is 2. The van der Waals surface area contributed by atoms with Crippen LogP contribution in [0, 0.1) is 0 Å². The summed E-state index contributed by atoms with van der Waals surface area (Å²) >= 11 is 0. The lowest BCUT2D eigenvalue weighted by Crippen LogP contribution is -2.19. The van der Waals surface area contributed by atoms with Crippen LogP contribution in [0.2, 0.25) is 0 Å². The highest BCUT2D eigenvalue weighted by atomic mass is 19.4. The van der Waals surface area contributed by atoms with Crippen molar-refractivity contribution in [1.82, 2.24) is 0 Å². The quantitative estimate of drug-likeness (QED) is 0.612. The van der Waals surface area contributed by atoms with Crippen LogP contribution in [0.25, 0.3) is 0 Å². The maximum Gasteiger partial charge on any atom is 0.411 e. The van der Waals surface area contributed by atoms with Crippen LogP contribution < -0.4 is 0 Å². The molecule has 0 aromatic rings. The molecule has 0 aliphatic heterocycles. The molecular formula is C5H7F3O2. The molecule has 0 radical (unpaired) electrons. The lowest BCUT2D eigenvalue weighted by molar-refractivity contribution is -0.174. The molecule has 0 atom stereocenters. The molecule has 0 fully saturated rings. The Morgan fingerprint density at radius 1 is 1.50 bits per heavy atom. The second kappa shape index (κ2) is 3.55. The third-order valence-corrected chi connectivity index (χ3v) is 0.571. The highest BCUT2D eigenvalue weighted by Crippen LogP contribution is 2.13. The summed E-state index contributed by atoms with van der Waals surface area (Å²) in [6.07, 6.45) is -4.34. The van der Waals surface area contributed by atoms with Gasteiger partial charge in [0.05, 0.1) is 0 Å². The molecule has 60 valence electrons. The monoisotopic (exact) mass is 156 g/mol. The molecule has 0 aliphatic rings. The first-order valence-electron chi connectivity index (χ1n) is 2.56. The first-order valence-corrected chi connectivity index (χ1v) is 2.56. The first-order chi connectivity index (χ1) is 4.42. The molecule has 0 saturated heterocycles. The molecule has 0 aromatic heterocycles. The van der Waals surface area contributed by atoms with Crippen LogP contribution in [0.15, 0.2) is 0 Å². The Bertz CT molecular complexity index is 119. The van der Waals surface area contributed by atoms with Crippen molar-refractivity contribution < 1.29 is 22.7 Å². The highest BCUT2D eigenvalue weighted by Gasteiger charge is 2.27. The van der Waals surface area contributed by atoms with E-state index in [0.29, 0.717) is 0 Å². The average Bonchev–Trinajstić information content (AvgIpc) is 1.59. The van der Waals surface area contributed by atoms with Gasteiger partial charge in [-0.3, -0.25) is 4.79 Å². The van der Waals surface area contributed by atoms with E-state index in [4.69, 9.17) is 0 Å². The Labute approximate surface area is 56.0 Å². The van der Waals surface area contributed by atoms with Crippen LogP contribution in [-0.2, 0) is 9.53 Å². The normalized spacial score (nSPS) is 11.6. The predicted molar refractivity (Wildman–Crippen MR) is 27.6 cm³/mol. The smallest absolute Gasteiger partial charge is 0.364 e. The number of rotatable bonds is 3. The molecule has 0 saturated carbocycles. The zero-order valence-corrected chi connectivity index (χ0v) is 5.36. The van der Waals surface area contributed by atoms with Gasteiger partial charge in [0.15, 0.2) is 5.78 Å². The standard InChI is InChI=1S/C5H7F3O2/c1-4(9)2-10-3-5(6,7)8/h2-3H2,1H3. The predicted octanol–water partition coefficient (Wildman–Crippen LogP) is 1.15. The van der Waals surface area contributed by atoms with Crippen LogP contribution in [0.1, 0.15) is 6.92 Å². The first kappa shape index (κ1) is 9.42. The van der Waals surface area contributed by atoms with Gasteiger partial charge in [0.2, 0.25) is 0 Å². The van der Waals surface area contributed by atoms with E-state index < -0.39 is 25.2 Å². The summed E-state index contributed by atoms with van der Waals surface area (Å²) in [4.78, 5) is 10.0. The van der Waals surface area contributed by atoms with E-state index in [1.165, 1.54) is 0 Å². The van der Waals surface area contributed by atoms with Gasteiger partial charge in [-0.2, -0.15) is 13.2 Å². The van der Waals surface area contributed by atoms with Crippen LogP contribution in [0.3, 0.4) is 0 Å². The molecule has 0 rings (SSSR count). The molecule has 0 aliphatic carbocycles. The zero-order chi connectivity index (χ0) is 8.20. The van der Waals surface area contributed by atoms with E-state index in [1.54, 1.807) is 0 Å².